The van der Waals surface area contributed by atoms with Gasteiger partial charge in [-0.2, -0.15) is 10.2 Å². The highest BCUT2D eigenvalue weighted by atomic mass is 35.5. The van der Waals surface area contributed by atoms with Gasteiger partial charge in [0, 0.05) is 50.5 Å². The Bertz CT molecular complexity index is 1180. The lowest BCUT2D eigenvalue weighted by molar-refractivity contribution is 0.105. The van der Waals surface area contributed by atoms with Crippen LogP contribution in [0.25, 0.3) is 33.7 Å². The number of H-pyrrole nitrogens is 1. The Balaban J connectivity index is 1.47. The van der Waals surface area contributed by atoms with Crippen LogP contribution < -0.4 is 0 Å². The SMILES string of the molecule is CC(C)N1CCN(CCn2nc(-c3ccn[nH]3)c3c(Cl)c(-c4ccccc4)nnc32)CC1. The summed E-state index contributed by atoms with van der Waals surface area (Å²) >= 11 is 6.90. The van der Waals surface area contributed by atoms with E-state index in [0.717, 1.165) is 61.6 Å². The molecule has 1 saturated heterocycles. The number of benzene rings is 1. The number of rotatable bonds is 6. The molecule has 166 valence electrons. The van der Waals surface area contributed by atoms with Gasteiger partial charge in [0.2, 0.25) is 0 Å². The monoisotopic (exact) mass is 450 g/mol. The minimum Gasteiger partial charge on any atom is -0.299 e. The molecular weight excluding hydrogens is 424 g/mol. The highest BCUT2D eigenvalue weighted by Crippen LogP contribution is 2.36. The van der Waals surface area contributed by atoms with E-state index in [-0.39, 0.29) is 0 Å². The van der Waals surface area contributed by atoms with Crippen molar-refractivity contribution in [2.75, 3.05) is 32.7 Å². The van der Waals surface area contributed by atoms with Gasteiger partial charge in [0.05, 0.1) is 22.6 Å². The highest BCUT2D eigenvalue weighted by Gasteiger charge is 2.23. The molecule has 0 spiro atoms. The van der Waals surface area contributed by atoms with E-state index in [1.807, 2.05) is 41.1 Å². The molecule has 32 heavy (non-hydrogen) atoms. The Hall–Kier alpha value is -2.81. The van der Waals surface area contributed by atoms with Crippen LogP contribution in [0.2, 0.25) is 5.02 Å². The van der Waals surface area contributed by atoms with Gasteiger partial charge < -0.3 is 0 Å². The molecule has 5 rings (SSSR count). The number of aromatic amines is 1. The molecule has 0 aliphatic carbocycles. The third kappa shape index (κ3) is 4.01. The van der Waals surface area contributed by atoms with Crippen LogP contribution in [0.5, 0.6) is 0 Å². The number of piperazine rings is 1. The smallest absolute Gasteiger partial charge is 0.182 e. The molecule has 0 saturated carbocycles. The fraction of sp³-hybridized carbons (Fsp3) is 0.391. The maximum atomic E-state index is 6.90. The molecule has 1 aliphatic rings. The van der Waals surface area contributed by atoms with Gasteiger partial charge in [0.1, 0.15) is 11.4 Å². The zero-order chi connectivity index (χ0) is 22.1. The van der Waals surface area contributed by atoms with E-state index in [9.17, 15) is 0 Å². The lowest BCUT2D eigenvalue weighted by Crippen LogP contribution is -2.49. The molecule has 0 atom stereocenters. The predicted octanol–water partition coefficient (Wildman–Crippen LogP) is 3.56. The minimum absolute atomic E-state index is 0.558. The first-order valence-corrected chi connectivity index (χ1v) is 11.4. The van der Waals surface area contributed by atoms with Crippen molar-refractivity contribution in [1.82, 2.24) is 40.0 Å². The van der Waals surface area contributed by atoms with Crippen LogP contribution in [0.1, 0.15) is 13.8 Å². The molecular formula is C23H27ClN8. The van der Waals surface area contributed by atoms with E-state index in [0.29, 0.717) is 22.4 Å². The fourth-order valence-electron chi connectivity index (χ4n) is 4.27. The molecule has 0 bridgehead atoms. The van der Waals surface area contributed by atoms with Gasteiger partial charge in [-0.25, -0.2) is 4.68 Å². The van der Waals surface area contributed by atoms with Crippen LogP contribution in [-0.2, 0) is 6.54 Å². The standard InChI is InChI=1S/C23H27ClN8/c1-16(2)31-13-10-30(11-14-31)12-15-32-23-19(22(29-32)18-8-9-25-26-18)20(24)21(27-28-23)17-6-4-3-5-7-17/h3-9,16H,10-15H2,1-2H3,(H,25,26). The number of aromatic nitrogens is 6. The van der Waals surface area contributed by atoms with E-state index in [2.05, 4.69) is 44.0 Å². The number of nitrogens with one attached hydrogen (secondary N) is 1. The number of halogens is 1. The largest absolute Gasteiger partial charge is 0.299 e. The Morgan fingerprint density at radius 3 is 2.44 bits per heavy atom. The molecule has 3 aromatic heterocycles. The maximum Gasteiger partial charge on any atom is 0.182 e. The summed E-state index contributed by atoms with van der Waals surface area (Å²) in [4.78, 5) is 5.00. The summed E-state index contributed by atoms with van der Waals surface area (Å²) < 4.78 is 1.92. The molecule has 4 aromatic rings. The van der Waals surface area contributed by atoms with Crippen LogP contribution in [-0.4, -0.2) is 78.7 Å². The van der Waals surface area contributed by atoms with Crippen LogP contribution in [0.3, 0.4) is 0 Å². The quantitative estimate of drug-likeness (QED) is 0.484. The maximum absolute atomic E-state index is 6.90. The van der Waals surface area contributed by atoms with E-state index in [4.69, 9.17) is 16.7 Å². The first kappa shape index (κ1) is 21.1. The summed E-state index contributed by atoms with van der Waals surface area (Å²) in [6, 6.07) is 12.4. The lowest BCUT2D eigenvalue weighted by Gasteiger charge is -2.36. The zero-order valence-corrected chi connectivity index (χ0v) is 19.1. The van der Waals surface area contributed by atoms with E-state index in [1.54, 1.807) is 6.20 Å². The first-order chi connectivity index (χ1) is 15.6. The van der Waals surface area contributed by atoms with Crippen molar-refractivity contribution in [2.45, 2.75) is 26.4 Å². The second-order valence-corrected chi connectivity index (χ2v) is 8.82. The summed E-state index contributed by atoms with van der Waals surface area (Å²) in [5, 5.41) is 22.4. The van der Waals surface area contributed by atoms with E-state index < -0.39 is 0 Å². The van der Waals surface area contributed by atoms with Gasteiger partial charge >= 0.3 is 0 Å². The second kappa shape index (κ2) is 8.97. The van der Waals surface area contributed by atoms with Crippen molar-refractivity contribution in [1.29, 1.82) is 0 Å². The zero-order valence-electron chi connectivity index (χ0n) is 18.4. The van der Waals surface area contributed by atoms with Crippen LogP contribution >= 0.6 is 11.6 Å². The van der Waals surface area contributed by atoms with Gasteiger partial charge in [-0.1, -0.05) is 41.9 Å². The topological polar surface area (TPSA) is 78.8 Å². The second-order valence-electron chi connectivity index (χ2n) is 8.44. The Morgan fingerprint density at radius 2 is 1.75 bits per heavy atom. The van der Waals surface area contributed by atoms with Gasteiger partial charge in [-0.05, 0) is 19.9 Å². The minimum atomic E-state index is 0.558. The Morgan fingerprint density at radius 1 is 0.969 bits per heavy atom. The normalized spacial score (nSPS) is 15.8. The van der Waals surface area contributed by atoms with Crippen LogP contribution in [0, 0.1) is 0 Å². The average Bonchev–Trinajstić information content (AvgIpc) is 3.47. The molecule has 0 radical (unpaired) electrons. The first-order valence-electron chi connectivity index (χ1n) is 11.1. The van der Waals surface area contributed by atoms with Crippen molar-refractivity contribution in [3.05, 3.63) is 47.6 Å². The van der Waals surface area contributed by atoms with Crippen LogP contribution in [0.15, 0.2) is 42.6 Å². The van der Waals surface area contributed by atoms with Gasteiger partial charge in [-0.15, -0.1) is 10.2 Å². The Kier molecular flexibility index (Phi) is 5.91. The molecule has 4 heterocycles. The third-order valence-electron chi connectivity index (χ3n) is 6.17. The molecule has 0 amide bonds. The summed E-state index contributed by atoms with van der Waals surface area (Å²) in [6.45, 7) is 10.5. The average molecular weight is 451 g/mol. The molecule has 1 fully saturated rings. The summed E-state index contributed by atoms with van der Waals surface area (Å²) in [5.41, 5.74) is 3.84. The van der Waals surface area contributed by atoms with Gasteiger partial charge in [0.25, 0.3) is 0 Å². The summed E-state index contributed by atoms with van der Waals surface area (Å²) in [6.07, 6.45) is 1.72. The third-order valence-corrected chi connectivity index (χ3v) is 6.53. The number of nitrogens with zero attached hydrogens (tertiary/aromatic N) is 7. The molecule has 8 nitrogen and oxygen atoms in total. The van der Waals surface area contributed by atoms with Gasteiger partial charge in [-0.3, -0.25) is 14.9 Å². The van der Waals surface area contributed by atoms with E-state index in [1.165, 1.54) is 0 Å². The van der Waals surface area contributed by atoms with Crippen LogP contribution in [0.4, 0.5) is 0 Å². The number of hydrogen-bond donors (Lipinski definition) is 1. The molecule has 9 heteroatoms. The molecule has 1 aliphatic heterocycles. The summed E-state index contributed by atoms with van der Waals surface area (Å²) in [7, 11) is 0. The van der Waals surface area contributed by atoms with Gasteiger partial charge in [0.15, 0.2) is 5.65 Å². The fourth-order valence-corrected chi connectivity index (χ4v) is 4.59. The summed E-state index contributed by atoms with van der Waals surface area (Å²) in [5.74, 6) is 0. The number of fused-ring (bicyclic) bond motifs is 1. The van der Waals surface area contributed by atoms with Crippen molar-refractivity contribution in [3.63, 3.8) is 0 Å². The highest BCUT2D eigenvalue weighted by molar-refractivity contribution is 6.38. The van der Waals surface area contributed by atoms with Crippen molar-refractivity contribution in [3.8, 4) is 22.6 Å². The molecule has 1 aromatic carbocycles. The van der Waals surface area contributed by atoms with E-state index >= 15 is 0 Å². The van der Waals surface area contributed by atoms with Crippen molar-refractivity contribution < 1.29 is 0 Å². The van der Waals surface area contributed by atoms with Crippen molar-refractivity contribution in [2.24, 2.45) is 0 Å². The number of hydrogen-bond acceptors (Lipinski definition) is 6. The molecule has 0 unspecified atom stereocenters. The van der Waals surface area contributed by atoms with Crippen molar-refractivity contribution >= 4 is 22.6 Å². The molecule has 1 N–H and O–H groups in total. The predicted molar refractivity (Wildman–Crippen MR) is 126 cm³/mol. The lowest BCUT2D eigenvalue weighted by atomic mass is 10.1. The Labute approximate surface area is 192 Å².